The van der Waals surface area contributed by atoms with Crippen LogP contribution in [0.5, 0.6) is 0 Å². The van der Waals surface area contributed by atoms with Crippen LogP contribution in [-0.2, 0) is 20.7 Å². The number of carbonyl (C=O) groups is 3. The van der Waals surface area contributed by atoms with Crippen LogP contribution in [0.4, 0.5) is 0 Å². The van der Waals surface area contributed by atoms with Gasteiger partial charge in [-0.3, -0.25) is 9.59 Å². The van der Waals surface area contributed by atoms with E-state index in [4.69, 9.17) is 4.74 Å². The van der Waals surface area contributed by atoms with Gasteiger partial charge < -0.3 is 15.0 Å². The van der Waals surface area contributed by atoms with Crippen LogP contribution in [0.1, 0.15) is 42.6 Å². The van der Waals surface area contributed by atoms with Gasteiger partial charge in [-0.05, 0) is 38.3 Å². The van der Waals surface area contributed by atoms with Gasteiger partial charge >= 0.3 is 5.97 Å². The molecular formula is C19H24N2O4. The van der Waals surface area contributed by atoms with Crippen molar-refractivity contribution in [3.63, 3.8) is 0 Å². The van der Waals surface area contributed by atoms with Gasteiger partial charge in [-0.15, -0.1) is 0 Å². The van der Waals surface area contributed by atoms with Gasteiger partial charge in [0.1, 0.15) is 0 Å². The molecule has 1 saturated heterocycles. The van der Waals surface area contributed by atoms with E-state index in [1.165, 1.54) is 0 Å². The summed E-state index contributed by atoms with van der Waals surface area (Å²) in [6.07, 6.45) is 0.931. The van der Waals surface area contributed by atoms with Crippen molar-refractivity contribution in [3.05, 3.63) is 35.4 Å². The Hall–Kier alpha value is -2.37. The van der Waals surface area contributed by atoms with E-state index in [9.17, 15) is 14.4 Å². The quantitative estimate of drug-likeness (QED) is 0.844. The Morgan fingerprint density at radius 2 is 1.88 bits per heavy atom. The largest absolute Gasteiger partial charge is 0.448 e. The second kappa shape index (κ2) is 7.25. The van der Waals surface area contributed by atoms with Gasteiger partial charge in [-0.1, -0.05) is 18.2 Å². The number of nitrogens with zero attached hydrogens (tertiary/aromatic N) is 1. The fourth-order valence-electron chi connectivity index (χ4n) is 3.44. The number of ether oxygens (including phenoxy) is 1. The molecule has 6 heteroatoms. The third kappa shape index (κ3) is 3.83. The maximum atomic E-state index is 12.7. The molecule has 1 aromatic rings. The molecule has 0 radical (unpaired) electrons. The van der Waals surface area contributed by atoms with Crippen molar-refractivity contribution in [3.8, 4) is 0 Å². The lowest BCUT2D eigenvalue weighted by Gasteiger charge is -2.34. The molecule has 2 aliphatic heterocycles. The average molecular weight is 344 g/mol. The van der Waals surface area contributed by atoms with Crippen LogP contribution in [0.2, 0.25) is 0 Å². The van der Waals surface area contributed by atoms with E-state index < -0.39 is 12.1 Å². The molecule has 1 N–H and O–H groups in total. The molecule has 1 atom stereocenters. The number of fused-ring (bicyclic) bond motifs is 1. The second-order valence-electron chi connectivity index (χ2n) is 7.02. The first-order valence-electron chi connectivity index (χ1n) is 8.83. The maximum absolute atomic E-state index is 12.7. The summed E-state index contributed by atoms with van der Waals surface area (Å²) in [4.78, 5) is 38.6. The molecule has 0 unspecified atom stereocenters. The Bertz CT molecular complexity index is 678. The van der Waals surface area contributed by atoms with E-state index in [2.05, 4.69) is 5.32 Å². The van der Waals surface area contributed by atoms with E-state index in [0.29, 0.717) is 37.9 Å². The molecule has 0 aliphatic carbocycles. The molecule has 3 rings (SSSR count). The monoisotopic (exact) mass is 344 g/mol. The molecular weight excluding hydrogens is 320 g/mol. The number of cyclic esters (lactones) is 1. The van der Waals surface area contributed by atoms with Crippen LogP contribution in [0.15, 0.2) is 24.3 Å². The van der Waals surface area contributed by atoms with Gasteiger partial charge in [0.05, 0.1) is 5.56 Å². The van der Waals surface area contributed by atoms with E-state index in [-0.39, 0.29) is 23.8 Å². The molecule has 0 bridgehead atoms. The van der Waals surface area contributed by atoms with Crippen molar-refractivity contribution >= 4 is 17.8 Å². The van der Waals surface area contributed by atoms with Gasteiger partial charge in [0.15, 0.2) is 6.10 Å². The summed E-state index contributed by atoms with van der Waals surface area (Å²) in [7, 11) is 0. The zero-order valence-corrected chi connectivity index (χ0v) is 14.7. The molecule has 1 fully saturated rings. The number of hydrogen-bond donors (Lipinski definition) is 1. The number of esters is 1. The summed E-state index contributed by atoms with van der Waals surface area (Å²) >= 11 is 0. The number of amides is 2. The number of hydrogen-bond acceptors (Lipinski definition) is 4. The zero-order valence-electron chi connectivity index (χ0n) is 14.7. The first-order valence-corrected chi connectivity index (χ1v) is 8.83. The normalized spacial score (nSPS) is 20.8. The molecule has 2 amide bonds. The fraction of sp³-hybridized carbons (Fsp3) is 0.526. The Morgan fingerprint density at radius 1 is 1.20 bits per heavy atom. The van der Waals surface area contributed by atoms with Gasteiger partial charge in [-0.2, -0.15) is 0 Å². The summed E-state index contributed by atoms with van der Waals surface area (Å²) in [5.74, 6) is -0.599. The molecule has 134 valence electrons. The van der Waals surface area contributed by atoms with Gasteiger partial charge in [-0.25, -0.2) is 4.79 Å². The summed E-state index contributed by atoms with van der Waals surface area (Å²) in [5, 5.41) is 2.92. The van der Waals surface area contributed by atoms with E-state index >= 15 is 0 Å². The van der Waals surface area contributed by atoms with Crippen molar-refractivity contribution in [1.29, 1.82) is 0 Å². The average Bonchev–Trinajstić information content (AvgIpc) is 2.60. The van der Waals surface area contributed by atoms with E-state index in [0.717, 1.165) is 5.56 Å². The fourth-order valence-corrected chi connectivity index (χ4v) is 3.44. The van der Waals surface area contributed by atoms with E-state index in [1.807, 2.05) is 26.0 Å². The van der Waals surface area contributed by atoms with Crippen LogP contribution in [0, 0.1) is 5.92 Å². The lowest BCUT2D eigenvalue weighted by atomic mass is 9.94. The van der Waals surface area contributed by atoms with Crippen LogP contribution in [0.25, 0.3) is 0 Å². The number of piperidine rings is 1. The molecule has 1 aromatic carbocycles. The second-order valence-corrected chi connectivity index (χ2v) is 7.02. The topological polar surface area (TPSA) is 75.7 Å². The molecule has 2 heterocycles. The van der Waals surface area contributed by atoms with Gasteiger partial charge in [0, 0.05) is 31.5 Å². The lowest BCUT2D eigenvalue weighted by Crippen LogP contribution is -2.49. The van der Waals surface area contributed by atoms with Crippen LogP contribution in [-0.4, -0.2) is 47.9 Å². The predicted octanol–water partition coefficient (Wildman–Crippen LogP) is 1.53. The highest BCUT2D eigenvalue weighted by Gasteiger charge is 2.36. The SMILES string of the molecule is CC(C)NC(=O)C1CCN(C(=O)[C@H]2Cc3ccccc3C(=O)O2)CC1. The summed E-state index contributed by atoms with van der Waals surface area (Å²) in [5.41, 5.74) is 1.39. The number of nitrogens with one attached hydrogen (secondary N) is 1. The highest BCUT2D eigenvalue weighted by atomic mass is 16.5. The lowest BCUT2D eigenvalue weighted by molar-refractivity contribution is -0.144. The summed E-state index contributed by atoms with van der Waals surface area (Å²) in [6, 6.07) is 7.34. The number of likely N-dealkylation sites (tertiary alicyclic amines) is 1. The smallest absolute Gasteiger partial charge is 0.339 e. The van der Waals surface area contributed by atoms with Crippen molar-refractivity contribution in [2.24, 2.45) is 5.92 Å². The minimum atomic E-state index is -0.761. The Morgan fingerprint density at radius 3 is 2.56 bits per heavy atom. The van der Waals surface area contributed by atoms with Gasteiger partial charge in [0.2, 0.25) is 5.91 Å². The first kappa shape index (κ1) is 17.5. The molecule has 25 heavy (non-hydrogen) atoms. The number of benzene rings is 1. The van der Waals surface area contributed by atoms with Crippen molar-refractivity contribution in [1.82, 2.24) is 10.2 Å². The number of rotatable bonds is 3. The molecule has 0 spiro atoms. The first-order chi connectivity index (χ1) is 12.0. The highest BCUT2D eigenvalue weighted by Crippen LogP contribution is 2.24. The maximum Gasteiger partial charge on any atom is 0.339 e. The highest BCUT2D eigenvalue weighted by molar-refractivity contribution is 5.95. The standard InChI is InChI=1S/C19H24N2O4/c1-12(2)20-17(22)13-7-9-21(10-8-13)18(23)16-11-14-5-3-4-6-15(14)19(24)25-16/h3-6,12-13,16H,7-11H2,1-2H3,(H,20,22)/t16-/m1/s1. The minimum Gasteiger partial charge on any atom is -0.448 e. The molecule has 0 saturated carbocycles. The Labute approximate surface area is 147 Å². The number of carbonyl (C=O) groups excluding carboxylic acids is 3. The molecule has 0 aromatic heterocycles. The molecule has 6 nitrogen and oxygen atoms in total. The minimum absolute atomic E-state index is 0.0546. The van der Waals surface area contributed by atoms with Crippen molar-refractivity contribution in [2.75, 3.05) is 13.1 Å². The van der Waals surface area contributed by atoms with Crippen LogP contribution >= 0.6 is 0 Å². The van der Waals surface area contributed by atoms with Crippen LogP contribution < -0.4 is 5.32 Å². The Balaban J connectivity index is 1.59. The predicted molar refractivity (Wildman–Crippen MR) is 91.9 cm³/mol. The zero-order chi connectivity index (χ0) is 18.0. The molecule has 2 aliphatic rings. The van der Waals surface area contributed by atoms with Crippen molar-refractivity contribution < 1.29 is 19.1 Å². The Kier molecular flexibility index (Phi) is 5.06. The van der Waals surface area contributed by atoms with Crippen LogP contribution in [0.3, 0.4) is 0 Å². The van der Waals surface area contributed by atoms with E-state index in [1.54, 1.807) is 17.0 Å². The summed E-state index contributed by atoms with van der Waals surface area (Å²) in [6.45, 7) is 4.91. The van der Waals surface area contributed by atoms with Crippen molar-refractivity contribution in [2.45, 2.75) is 45.3 Å². The summed E-state index contributed by atoms with van der Waals surface area (Å²) < 4.78 is 5.35. The van der Waals surface area contributed by atoms with Gasteiger partial charge in [0.25, 0.3) is 5.91 Å². The third-order valence-corrected chi connectivity index (χ3v) is 4.78. The third-order valence-electron chi connectivity index (χ3n) is 4.78.